The zero-order valence-corrected chi connectivity index (χ0v) is 11.3. The number of rotatable bonds is 4. The number of anilines is 2. The predicted molar refractivity (Wildman–Crippen MR) is 79.0 cm³/mol. The monoisotopic (exact) mass is 272 g/mol. The molecule has 0 bridgehead atoms. The van der Waals surface area contributed by atoms with E-state index in [1.165, 1.54) is 12.1 Å². The first kappa shape index (κ1) is 14.1. The summed E-state index contributed by atoms with van der Waals surface area (Å²) in [6.07, 6.45) is 0.983. The maximum Gasteiger partial charge on any atom is 0.228 e. The van der Waals surface area contributed by atoms with Crippen LogP contribution in [0.25, 0.3) is 0 Å². The molecule has 0 atom stereocenters. The number of halogens is 1. The van der Waals surface area contributed by atoms with Gasteiger partial charge in [0.15, 0.2) is 0 Å². The van der Waals surface area contributed by atoms with Gasteiger partial charge in [0, 0.05) is 11.4 Å². The maximum atomic E-state index is 13.0. The molecule has 0 heterocycles. The number of amides is 1. The lowest BCUT2D eigenvalue weighted by molar-refractivity contribution is -0.115. The van der Waals surface area contributed by atoms with Crippen LogP contribution in [-0.4, -0.2) is 5.91 Å². The zero-order valence-electron chi connectivity index (χ0n) is 11.3. The highest BCUT2D eigenvalue weighted by atomic mass is 19.1. The van der Waals surface area contributed by atoms with Crippen molar-refractivity contribution >= 4 is 17.3 Å². The van der Waals surface area contributed by atoms with Crippen LogP contribution in [0.4, 0.5) is 15.8 Å². The van der Waals surface area contributed by atoms with Gasteiger partial charge in [0.1, 0.15) is 5.82 Å². The Morgan fingerprint density at radius 1 is 1.25 bits per heavy atom. The molecule has 0 aliphatic heterocycles. The van der Waals surface area contributed by atoms with E-state index in [0.29, 0.717) is 16.9 Å². The van der Waals surface area contributed by atoms with Crippen LogP contribution < -0.4 is 11.1 Å². The summed E-state index contributed by atoms with van der Waals surface area (Å²) in [6.45, 7) is 2.02. The van der Waals surface area contributed by atoms with Crippen molar-refractivity contribution in [1.82, 2.24) is 0 Å². The van der Waals surface area contributed by atoms with E-state index >= 15 is 0 Å². The van der Waals surface area contributed by atoms with Gasteiger partial charge in [-0.2, -0.15) is 0 Å². The Labute approximate surface area is 117 Å². The SMILES string of the molecule is CCc1ccc(NC(=O)Cc2cccc(F)c2)cc1N. The van der Waals surface area contributed by atoms with Crippen LogP contribution in [0.1, 0.15) is 18.1 Å². The number of benzene rings is 2. The molecule has 0 aromatic heterocycles. The van der Waals surface area contributed by atoms with Crippen molar-refractivity contribution in [3.63, 3.8) is 0 Å². The molecule has 0 aliphatic carbocycles. The smallest absolute Gasteiger partial charge is 0.228 e. The number of hydrogen-bond donors (Lipinski definition) is 2. The fourth-order valence-electron chi connectivity index (χ4n) is 2.03. The van der Waals surface area contributed by atoms with E-state index < -0.39 is 0 Å². The van der Waals surface area contributed by atoms with E-state index in [4.69, 9.17) is 5.73 Å². The Kier molecular flexibility index (Phi) is 4.35. The minimum absolute atomic E-state index is 0.132. The average molecular weight is 272 g/mol. The Balaban J connectivity index is 2.03. The number of nitrogen functional groups attached to an aromatic ring is 1. The lowest BCUT2D eigenvalue weighted by Gasteiger charge is -2.08. The molecule has 4 heteroatoms. The first-order valence-electron chi connectivity index (χ1n) is 6.51. The van der Waals surface area contributed by atoms with Crippen LogP contribution in [-0.2, 0) is 17.6 Å². The van der Waals surface area contributed by atoms with Gasteiger partial charge in [-0.3, -0.25) is 4.79 Å². The molecule has 0 fully saturated rings. The highest BCUT2D eigenvalue weighted by Crippen LogP contribution is 2.18. The number of nitrogens with two attached hydrogens (primary N) is 1. The van der Waals surface area contributed by atoms with Crippen LogP contribution in [0.2, 0.25) is 0 Å². The van der Waals surface area contributed by atoms with E-state index in [2.05, 4.69) is 5.32 Å². The number of carbonyl (C=O) groups excluding carboxylic acids is 1. The number of carbonyl (C=O) groups is 1. The third-order valence-electron chi connectivity index (χ3n) is 3.06. The van der Waals surface area contributed by atoms with E-state index in [-0.39, 0.29) is 18.1 Å². The number of aryl methyl sites for hydroxylation is 1. The topological polar surface area (TPSA) is 55.1 Å². The molecule has 2 aromatic rings. The molecule has 0 unspecified atom stereocenters. The van der Waals surface area contributed by atoms with Gasteiger partial charge in [-0.25, -0.2) is 4.39 Å². The zero-order chi connectivity index (χ0) is 14.5. The summed E-state index contributed by atoms with van der Waals surface area (Å²) in [7, 11) is 0. The van der Waals surface area contributed by atoms with Crippen molar-refractivity contribution in [2.45, 2.75) is 19.8 Å². The van der Waals surface area contributed by atoms with E-state index in [0.717, 1.165) is 12.0 Å². The van der Waals surface area contributed by atoms with Crippen molar-refractivity contribution in [3.05, 3.63) is 59.4 Å². The molecule has 3 N–H and O–H groups in total. The van der Waals surface area contributed by atoms with Crippen LogP contribution in [0.3, 0.4) is 0 Å². The molecule has 1 amide bonds. The summed E-state index contributed by atoms with van der Waals surface area (Å²) >= 11 is 0. The van der Waals surface area contributed by atoms with Crippen molar-refractivity contribution < 1.29 is 9.18 Å². The van der Waals surface area contributed by atoms with E-state index in [1.807, 2.05) is 19.1 Å². The quantitative estimate of drug-likeness (QED) is 0.840. The van der Waals surface area contributed by atoms with Crippen LogP contribution in [0.5, 0.6) is 0 Å². The first-order chi connectivity index (χ1) is 9.58. The molecule has 0 radical (unpaired) electrons. The van der Waals surface area contributed by atoms with Gasteiger partial charge in [0.25, 0.3) is 0 Å². The fourth-order valence-corrected chi connectivity index (χ4v) is 2.03. The summed E-state index contributed by atoms with van der Waals surface area (Å²) < 4.78 is 13.0. The number of nitrogens with one attached hydrogen (secondary N) is 1. The summed E-state index contributed by atoms with van der Waals surface area (Å²) in [5, 5.41) is 2.76. The fraction of sp³-hybridized carbons (Fsp3) is 0.188. The lowest BCUT2D eigenvalue weighted by Crippen LogP contribution is -2.14. The van der Waals surface area contributed by atoms with Crippen molar-refractivity contribution in [3.8, 4) is 0 Å². The Hall–Kier alpha value is -2.36. The predicted octanol–water partition coefficient (Wildman–Crippen LogP) is 3.15. The molecule has 0 saturated heterocycles. The van der Waals surface area contributed by atoms with Gasteiger partial charge in [0.2, 0.25) is 5.91 Å². The summed E-state index contributed by atoms with van der Waals surface area (Å²) in [6, 6.07) is 11.5. The highest BCUT2D eigenvalue weighted by molar-refractivity contribution is 5.92. The third kappa shape index (κ3) is 3.57. The van der Waals surface area contributed by atoms with Gasteiger partial charge < -0.3 is 11.1 Å². The molecule has 0 spiro atoms. The molecular formula is C16H17FN2O. The summed E-state index contributed by atoms with van der Waals surface area (Å²) in [5.41, 5.74) is 8.88. The molecule has 2 rings (SSSR count). The Morgan fingerprint density at radius 2 is 2.05 bits per heavy atom. The summed E-state index contributed by atoms with van der Waals surface area (Å²) in [4.78, 5) is 11.9. The third-order valence-corrected chi connectivity index (χ3v) is 3.06. The van der Waals surface area contributed by atoms with E-state index in [9.17, 15) is 9.18 Å². The minimum atomic E-state index is -0.341. The van der Waals surface area contributed by atoms with Gasteiger partial charge in [-0.1, -0.05) is 25.1 Å². The molecule has 3 nitrogen and oxygen atoms in total. The largest absolute Gasteiger partial charge is 0.398 e. The Morgan fingerprint density at radius 3 is 2.70 bits per heavy atom. The molecular weight excluding hydrogens is 255 g/mol. The normalized spacial score (nSPS) is 10.3. The molecule has 0 saturated carbocycles. The standard InChI is InChI=1S/C16H17FN2O/c1-2-12-6-7-14(10-15(12)18)19-16(20)9-11-4-3-5-13(17)8-11/h3-8,10H,2,9,18H2,1H3,(H,19,20). The second-order valence-electron chi connectivity index (χ2n) is 4.62. The van der Waals surface area contributed by atoms with Crippen molar-refractivity contribution in [2.75, 3.05) is 11.1 Å². The molecule has 20 heavy (non-hydrogen) atoms. The van der Waals surface area contributed by atoms with Gasteiger partial charge in [0.05, 0.1) is 6.42 Å². The highest BCUT2D eigenvalue weighted by Gasteiger charge is 2.06. The molecule has 104 valence electrons. The van der Waals surface area contributed by atoms with Crippen molar-refractivity contribution in [1.29, 1.82) is 0 Å². The average Bonchev–Trinajstić information content (AvgIpc) is 2.38. The minimum Gasteiger partial charge on any atom is -0.398 e. The van der Waals surface area contributed by atoms with Crippen LogP contribution in [0.15, 0.2) is 42.5 Å². The van der Waals surface area contributed by atoms with Gasteiger partial charge in [-0.15, -0.1) is 0 Å². The van der Waals surface area contributed by atoms with Crippen LogP contribution >= 0.6 is 0 Å². The van der Waals surface area contributed by atoms with Crippen LogP contribution in [0, 0.1) is 5.82 Å². The molecule has 0 aliphatic rings. The maximum absolute atomic E-state index is 13.0. The van der Waals surface area contributed by atoms with Gasteiger partial charge >= 0.3 is 0 Å². The second kappa shape index (κ2) is 6.19. The Bertz CT molecular complexity index is 626. The summed E-state index contributed by atoms with van der Waals surface area (Å²) in [5.74, 6) is -0.536. The lowest BCUT2D eigenvalue weighted by atomic mass is 10.1. The van der Waals surface area contributed by atoms with E-state index in [1.54, 1.807) is 18.2 Å². The first-order valence-corrected chi connectivity index (χ1v) is 6.51. The second-order valence-corrected chi connectivity index (χ2v) is 4.62. The molecule has 2 aromatic carbocycles. The van der Waals surface area contributed by atoms with Crippen molar-refractivity contribution in [2.24, 2.45) is 0 Å². The number of hydrogen-bond acceptors (Lipinski definition) is 2. The van der Waals surface area contributed by atoms with Gasteiger partial charge in [-0.05, 0) is 41.8 Å².